The summed E-state index contributed by atoms with van der Waals surface area (Å²) in [5.74, 6) is 0.166. The molecule has 0 spiro atoms. The summed E-state index contributed by atoms with van der Waals surface area (Å²) < 4.78 is 0. The molecule has 1 aliphatic carbocycles. The Kier molecular flexibility index (Phi) is 2.82. The van der Waals surface area contributed by atoms with E-state index in [1.54, 1.807) is 13.8 Å². The average Bonchev–Trinajstić information content (AvgIpc) is 2.42. The topological polar surface area (TPSA) is 34.1 Å². The van der Waals surface area contributed by atoms with Crippen LogP contribution in [0.4, 0.5) is 0 Å². The summed E-state index contributed by atoms with van der Waals surface area (Å²) >= 11 is 0. The molecular weight excluding hydrogens is 248 g/mol. The van der Waals surface area contributed by atoms with Gasteiger partial charge in [-0.05, 0) is 66.3 Å². The summed E-state index contributed by atoms with van der Waals surface area (Å²) in [6, 6.07) is 9.88. The molecule has 3 rings (SSSR count). The first kappa shape index (κ1) is 12.8. The number of hydrogen-bond acceptors (Lipinski definition) is 2. The Balaban J connectivity index is 2.17. The number of rotatable bonds is 3. The highest BCUT2D eigenvalue weighted by atomic mass is 16.1. The third-order valence-electron chi connectivity index (χ3n) is 4.01. The zero-order chi connectivity index (χ0) is 14.4. The van der Waals surface area contributed by atoms with E-state index in [4.69, 9.17) is 0 Å². The van der Waals surface area contributed by atoms with E-state index in [0.717, 1.165) is 34.2 Å². The minimum absolute atomic E-state index is 0.0678. The zero-order valence-electron chi connectivity index (χ0n) is 11.9. The number of benzene rings is 2. The molecule has 0 heterocycles. The molecule has 0 radical (unpaired) electrons. The molecule has 0 aliphatic heterocycles. The molecule has 0 saturated heterocycles. The highest BCUT2D eigenvalue weighted by Gasteiger charge is 2.25. The van der Waals surface area contributed by atoms with Gasteiger partial charge in [-0.1, -0.05) is 19.1 Å². The maximum atomic E-state index is 11.7. The lowest BCUT2D eigenvalue weighted by Gasteiger charge is -2.26. The van der Waals surface area contributed by atoms with E-state index in [9.17, 15) is 9.59 Å². The van der Waals surface area contributed by atoms with Crippen molar-refractivity contribution in [1.82, 2.24) is 0 Å². The highest BCUT2D eigenvalue weighted by molar-refractivity contribution is 6.08. The van der Waals surface area contributed by atoms with Crippen LogP contribution in [0.2, 0.25) is 0 Å². The summed E-state index contributed by atoms with van der Waals surface area (Å²) in [6.07, 6.45) is 0.850. The number of fused-ring (bicyclic) bond motifs is 4. The van der Waals surface area contributed by atoms with Gasteiger partial charge in [0, 0.05) is 11.1 Å². The van der Waals surface area contributed by atoms with Crippen LogP contribution in [0.1, 0.15) is 47.1 Å². The normalized spacial score (nSPS) is 11.3. The third-order valence-corrected chi connectivity index (χ3v) is 4.01. The maximum absolute atomic E-state index is 11.7. The summed E-state index contributed by atoms with van der Waals surface area (Å²) in [5, 5.41) is 0. The Labute approximate surface area is 118 Å². The standard InChI is InChI=1S/C18H16O2/c1-4-12-7-16-14-6-5-13(10(2)19)8-17(14)18(16)9-15(12)11(3)20/h5-9H,4H2,1-3H3. The van der Waals surface area contributed by atoms with Gasteiger partial charge in [-0.2, -0.15) is 0 Å². The molecule has 0 amide bonds. The molecule has 0 unspecified atom stereocenters. The maximum Gasteiger partial charge on any atom is 0.160 e. The van der Waals surface area contributed by atoms with E-state index in [2.05, 4.69) is 13.0 Å². The minimum atomic E-state index is 0.0678. The second-order valence-corrected chi connectivity index (χ2v) is 5.28. The first-order chi connectivity index (χ1) is 9.52. The van der Waals surface area contributed by atoms with Gasteiger partial charge in [0.25, 0.3) is 0 Å². The van der Waals surface area contributed by atoms with E-state index >= 15 is 0 Å². The van der Waals surface area contributed by atoms with Crippen LogP contribution >= 0.6 is 0 Å². The van der Waals surface area contributed by atoms with Gasteiger partial charge >= 0.3 is 0 Å². The SMILES string of the molecule is CCc1cc2c(cc1C(C)=O)-c1cc(C(C)=O)ccc1-2. The zero-order valence-corrected chi connectivity index (χ0v) is 11.9. The second kappa shape index (κ2) is 4.41. The van der Waals surface area contributed by atoms with Crippen LogP contribution in [0.15, 0.2) is 30.3 Å². The molecule has 0 aromatic heterocycles. The van der Waals surface area contributed by atoms with Crippen molar-refractivity contribution in [3.63, 3.8) is 0 Å². The average molecular weight is 264 g/mol. The molecule has 0 atom stereocenters. The Hall–Kier alpha value is -2.22. The molecule has 0 saturated carbocycles. The van der Waals surface area contributed by atoms with Crippen molar-refractivity contribution in [3.05, 3.63) is 47.0 Å². The Morgan fingerprint density at radius 2 is 1.50 bits per heavy atom. The largest absolute Gasteiger partial charge is 0.295 e. The van der Waals surface area contributed by atoms with Crippen LogP contribution in [0.3, 0.4) is 0 Å². The predicted molar refractivity (Wildman–Crippen MR) is 80.3 cm³/mol. The van der Waals surface area contributed by atoms with Gasteiger partial charge in [-0.25, -0.2) is 0 Å². The smallest absolute Gasteiger partial charge is 0.160 e. The Morgan fingerprint density at radius 3 is 2.10 bits per heavy atom. The van der Waals surface area contributed by atoms with Crippen LogP contribution in [-0.4, -0.2) is 11.6 Å². The van der Waals surface area contributed by atoms with Crippen molar-refractivity contribution in [2.75, 3.05) is 0 Å². The Morgan fingerprint density at radius 1 is 0.850 bits per heavy atom. The van der Waals surface area contributed by atoms with Gasteiger partial charge in [0.1, 0.15) is 0 Å². The first-order valence-corrected chi connectivity index (χ1v) is 6.86. The van der Waals surface area contributed by atoms with Crippen LogP contribution in [0, 0.1) is 0 Å². The quantitative estimate of drug-likeness (QED) is 0.661. The van der Waals surface area contributed by atoms with E-state index in [1.165, 1.54) is 11.1 Å². The first-order valence-electron chi connectivity index (χ1n) is 6.86. The molecule has 100 valence electrons. The summed E-state index contributed by atoms with van der Waals surface area (Å²) in [4.78, 5) is 23.2. The Bertz CT molecular complexity index is 754. The number of ketones is 2. The molecule has 2 nitrogen and oxygen atoms in total. The monoisotopic (exact) mass is 264 g/mol. The third kappa shape index (κ3) is 1.72. The van der Waals surface area contributed by atoms with Crippen molar-refractivity contribution < 1.29 is 9.59 Å². The molecule has 20 heavy (non-hydrogen) atoms. The molecule has 2 heteroatoms. The number of hydrogen-bond donors (Lipinski definition) is 0. The van der Waals surface area contributed by atoms with Crippen molar-refractivity contribution >= 4 is 11.6 Å². The van der Waals surface area contributed by atoms with Crippen LogP contribution in [0.25, 0.3) is 22.3 Å². The van der Waals surface area contributed by atoms with E-state index in [1.807, 2.05) is 24.3 Å². The number of Topliss-reactive ketones (excluding diaryl/α,β-unsaturated/α-hetero) is 2. The van der Waals surface area contributed by atoms with Crippen LogP contribution in [0.5, 0.6) is 0 Å². The van der Waals surface area contributed by atoms with Crippen molar-refractivity contribution in [2.24, 2.45) is 0 Å². The van der Waals surface area contributed by atoms with Crippen molar-refractivity contribution in [1.29, 1.82) is 0 Å². The predicted octanol–water partition coefficient (Wildman–Crippen LogP) is 4.30. The van der Waals surface area contributed by atoms with Gasteiger partial charge in [-0.15, -0.1) is 0 Å². The summed E-state index contributed by atoms with van der Waals surface area (Å²) in [7, 11) is 0. The van der Waals surface area contributed by atoms with Crippen LogP contribution < -0.4 is 0 Å². The van der Waals surface area contributed by atoms with Gasteiger partial charge in [0.05, 0.1) is 0 Å². The minimum Gasteiger partial charge on any atom is -0.295 e. The van der Waals surface area contributed by atoms with Crippen LogP contribution in [-0.2, 0) is 6.42 Å². The fourth-order valence-corrected chi connectivity index (χ4v) is 2.87. The summed E-state index contributed by atoms with van der Waals surface area (Å²) in [6.45, 7) is 5.24. The van der Waals surface area contributed by atoms with E-state index in [0.29, 0.717) is 0 Å². The number of carbonyl (C=O) groups is 2. The van der Waals surface area contributed by atoms with Gasteiger partial charge in [0.15, 0.2) is 11.6 Å². The van der Waals surface area contributed by atoms with E-state index < -0.39 is 0 Å². The number of aryl methyl sites for hydroxylation is 1. The van der Waals surface area contributed by atoms with Crippen molar-refractivity contribution in [2.45, 2.75) is 27.2 Å². The van der Waals surface area contributed by atoms with Crippen molar-refractivity contribution in [3.8, 4) is 22.3 Å². The number of carbonyl (C=O) groups excluding carboxylic acids is 2. The fraction of sp³-hybridized carbons (Fsp3) is 0.222. The lowest BCUT2D eigenvalue weighted by Crippen LogP contribution is -2.07. The molecule has 2 aromatic carbocycles. The van der Waals surface area contributed by atoms with Gasteiger partial charge in [-0.3, -0.25) is 9.59 Å². The second-order valence-electron chi connectivity index (χ2n) is 5.28. The molecule has 0 fully saturated rings. The molecule has 0 bridgehead atoms. The molecule has 2 aromatic rings. The molecule has 1 aliphatic rings. The molecular formula is C18H16O2. The highest BCUT2D eigenvalue weighted by Crippen LogP contribution is 2.48. The summed E-state index contributed by atoms with van der Waals surface area (Å²) in [5.41, 5.74) is 7.15. The lowest BCUT2D eigenvalue weighted by atomic mass is 9.77. The van der Waals surface area contributed by atoms with E-state index in [-0.39, 0.29) is 11.6 Å². The fourth-order valence-electron chi connectivity index (χ4n) is 2.87. The molecule has 0 N–H and O–H groups in total. The van der Waals surface area contributed by atoms with Gasteiger partial charge < -0.3 is 0 Å². The lowest BCUT2D eigenvalue weighted by molar-refractivity contribution is 0.100. The van der Waals surface area contributed by atoms with Gasteiger partial charge in [0.2, 0.25) is 0 Å².